The number of anilines is 1. The highest BCUT2D eigenvalue weighted by Gasteiger charge is 2.38. The molecular weight excluding hydrogens is 316 g/mol. The van der Waals surface area contributed by atoms with Gasteiger partial charge in [-0.2, -0.15) is 0 Å². The minimum atomic E-state index is -0.522. The van der Waals surface area contributed by atoms with E-state index in [1.807, 2.05) is 62.4 Å². The van der Waals surface area contributed by atoms with Gasteiger partial charge in [0.1, 0.15) is 11.8 Å². The molecule has 0 aromatic heterocycles. The first-order valence-electron chi connectivity index (χ1n) is 8.47. The zero-order valence-corrected chi connectivity index (χ0v) is 14.5. The second-order valence-electron chi connectivity index (χ2n) is 6.11. The number of para-hydroxylation sites is 1. The quantitative estimate of drug-likeness (QED) is 0.911. The van der Waals surface area contributed by atoms with Crippen molar-refractivity contribution in [2.24, 2.45) is 0 Å². The summed E-state index contributed by atoms with van der Waals surface area (Å²) in [6.07, 6.45) is 0.526. The number of ether oxygens (including phenoxy) is 1. The molecule has 25 heavy (non-hydrogen) atoms. The topological polar surface area (TPSA) is 58.6 Å². The van der Waals surface area contributed by atoms with Crippen LogP contribution in [0.25, 0.3) is 0 Å². The Kier molecular flexibility index (Phi) is 5.03. The lowest BCUT2D eigenvalue weighted by atomic mass is 10.1. The van der Waals surface area contributed by atoms with Crippen molar-refractivity contribution < 1.29 is 14.3 Å². The molecule has 0 aliphatic carbocycles. The van der Waals surface area contributed by atoms with E-state index in [9.17, 15) is 9.59 Å². The van der Waals surface area contributed by atoms with E-state index in [2.05, 4.69) is 5.32 Å². The number of carbonyl (C=O) groups is 2. The fourth-order valence-corrected chi connectivity index (χ4v) is 3.12. The molecule has 1 unspecified atom stereocenters. The normalized spacial score (nSPS) is 15.6. The molecule has 3 rings (SSSR count). The molecule has 130 valence electrons. The van der Waals surface area contributed by atoms with Gasteiger partial charge in [-0.3, -0.25) is 14.5 Å². The summed E-state index contributed by atoms with van der Waals surface area (Å²) in [6.45, 7) is 4.27. The second kappa shape index (κ2) is 7.38. The molecule has 0 spiro atoms. The number of fused-ring (bicyclic) bond motifs is 1. The van der Waals surface area contributed by atoms with Crippen LogP contribution in [0.2, 0.25) is 0 Å². The van der Waals surface area contributed by atoms with E-state index < -0.39 is 6.04 Å². The van der Waals surface area contributed by atoms with Crippen molar-refractivity contribution in [3.63, 3.8) is 0 Å². The van der Waals surface area contributed by atoms with E-state index >= 15 is 0 Å². The van der Waals surface area contributed by atoms with Crippen LogP contribution in [0, 0.1) is 6.92 Å². The Bertz CT molecular complexity index is 788. The third-order valence-corrected chi connectivity index (χ3v) is 4.25. The Balaban J connectivity index is 1.78. The molecule has 0 bridgehead atoms. The largest absolute Gasteiger partial charge is 0.484 e. The van der Waals surface area contributed by atoms with Gasteiger partial charge in [0.15, 0.2) is 6.61 Å². The lowest BCUT2D eigenvalue weighted by Crippen LogP contribution is -2.49. The summed E-state index contributed by atoms with van der Waals surface area (Å²) in [4.78, 5) is 26.8. The SMILES string of the molecule is CCNC(=O)C1Cc2ccccc2N1C(=O)COc1cccc(C)c1. The van der Waals surface area contributed by atoms with Crippen molar-refractivity contribution in [3.05, 3.63) is 59.7 Å². The summed E-state index contributed by atoms with van der Waals surface area (Å²) >= 11 is 0. The van der Waals surface area contributed by atoms with Crippen LogP contribution in [0.4, 0.5) is 5.69 Å². The van der Waals surface area contributed by atoms with Crippen molar-refractivity contribution in [1.29, 1.82) is 0 Å². The molecule has 1 N–H and O–H groups in total. The number of carbonyl (C=O) groups excluding carboxylic acids is 2. The number of rotatable bonds is 5. The zero-order valence-electron chi connectivity index (χ0n) is 14.5. The first-order valence-corrected chi connectivity index (χ1v) is 8.47. The Morgan fingerprint density at radius 2 is 2.00 bits per heavy atom. The summed E-state index contributed by atoms with van der Waals surface area (Å²) in [5, 5.41) is 2.81. The van der Waals surface area contributed by atoms with E-state index in [0.29, 0.717) is 18.7 Å². The molecule has 1 aliphatic heterocycles. The van der Waals surface area contributed by atoms with Crippen LogP contribution in [-0.4, -0.2) is 31.0 Å². The van der Waals surface area contributed by atoms with E-state index in [1.165, 1.54) is 0 Å². The van der Waals surface area contributed by atoms with Gasteiger partial charge in [-0.15, -0.1) is 0 Å². The molecule has 2 aromatic rings. The molecule has 1 atom stereocenters. The fourth-order valence-electron chi connectivity index (χ4n) is 3.12. The van der Waals surface area contributed by atoms with Crippen molar-refractivity contribution in [3.8, 4) is 5.75 Å². The number of likely N-dealkylation sites (N-methyl/N-ethyl adjacent to an activating group) is 1. The van der Waals surface area contributed by atoms with E-state index in [4.69, 9.17) is 4.74 Å². The van der Waals surface area contributed by atoms with E-state index in [-0.39, 0.29) is 18.4 Å². The Hall–Kier alpha value is -2.82. The molecule has 1 heterocycles. The summed E-state index contributed by atoms with van der Waals surface area (Å²) in [6, 6.07) is 14.7. The third-order valence-electron chi connectivity index (χ3n) is 4.25. The number of nitrogens with zero attached hydrogens (tertiary/aromatic N) is 1. The van der Waals surface area contributed by atoms with Crippen LogP contribution in [0.5, 0.6) is 5.75 Å². The van der Waals surface area contributed by atoms with Gasteiger partial charge in [0, 0.05) is 18.7 Å². The second-order valence-corrected chi connectivity index (χ2v) is 6.11. The molecule has 0 fully saturated rings. The lowest BCUT2D eigenvalue weighted by Gasteiger charge is -2.24. The van der Waals surface area contributed by atoms with Gasteiger partial charge in [-0.05, 0) is 43.2 Å². The van der Waals surface area contributed by atoms with Crippen LogP contribution >= 0.6 is 0 Å². The smallest absolute Gasteiger partial charge is 0.265 e. The maximum absolute atomic E-state index is 12.8. The van der Waals surface area contributed by atoms with Crippen LogP contribution in [0.15, 0.2) is 48.5 Å². The van der Waals surface area contributed by atoms with Gasteiger partial charge in [0.05, 0.1) is 0 Å². The predicted molar refractivity (Wildman–Crippen MR) is 96.8 cm³/mol. The Morgan fingerprint density at radius 1 is 1.20 bits per heavy atom. The first-order chi connectivity index (χ1) is 12.1. The van der Waals surface area contributed by atoms with E-state index in [1.54, 1.807) is 4.90 Å². The molecule has 5 heteroatoms. The van der Waals surface area contributed by atoms with Gasteiger partial charge in [-0.1, -0.05) is 30.3 Å². The van der Waals surface area contributed by atoms with Crippen LogP contribution in [0.3, 0.4) is 0 Å². The van der Waals surface area contributed by atoms with Crippen LogP contribution in [-0.2, 0) is 16.0 Å². The summed E-state index contributed by atoms with van der Waals surface area (Å²) in [7, 11) is 0. The molecular formula is C20H22N2O3. The number of hydrogen-bond acceptors (Lipinski definition) is 3. The fraction of sp³-hybridized carbons (Fsp3) is 0.300. The van der Waals surface area contributed by atoms with Crippen molar-refractivity contribution in [1.82, 2.24) is 5.32 Å². The van der Waals surface area contributed by atoms with Crippen molar-refractivity contribution in [2.75, 3.05) is 18.1 Å². The van der Waals surface area contributed by atoms with Gasteiger partial charge in [0.2, 0.25) is 5.91 Å². The van der Waals surface area contributed by atoms with Gasteiger partial charge < -0.3 is 10.1 Å². The van der Waals surface area contributed by atoms with Crippen LogP contribution < -0.4 is 15.0 Å². The standard InChI is InChI=1S/C20H22N2O3/c1-3-21-20(24)18-12-15-8-4-5-10-17(15)22(18)19(23)13-25-16-9-6-7-14(2)11-16/h4-11,18H,3,12-13H2,1-2H3,(H,21,24). The van der Waals surface area contributed by atoms with Gasteiger partial charge in [-0.25, -0.2) is 0 Å². The molecule has 2 aromatic carbocycles. The van der Waals surface area contributed by atoms with Gasteiger partial charge in [0.25, 0.3) is 5.91 Å². The summed E-state index contributed by atoms with van der Waals surface area (Å²) in [5.41, 5.74) is 2.86. The minimum Gasteiger partial charge on any atom is -0.484 e. The monoisotopic (exact) mass is 338 g/mol. The highest BCUT2D eigenvalue weighted by molar-refractivity contribution is 6.04. The maximum atomic E-state index is 12.8. The molecule has 2 amide bonds. The molecule has 0 radical (unpaired) electrons. The number of hydrogen-bond donors (Lipinski definition) is 1. The van der Waals surface area contributed by atoms with Crippen molar-refractivity contribution >= 4 is 17.5 Å². The molecule has 5 nitrogen and oxygen atoms in total. The average molecular weight is 338 g/mol. The summed E-state index contributed by atoms with van der Waals surface area (Å²) in [5.74, 6) is 0.292. The molecule has 0 saturated carbocycles. The number of amides is 2. The number of benzene rings is 2. The van der Waals surface area contributed by atoms with E-state index in [0.717, 1.165) is 16.8 Å². The molecule has 1 aliphatic rings. The third kappa shape index (κ3) is 3.65. The number of nitrogens with one attached hydrogen (secondary N) is 1. The Labute approximate surface area is 147 Å². The number of aryl methyl sites for hydroxylation is 1. The molecule has 0 saturated heterocycles. The predicted octanol–water partition coefficient (Wildman–Crippen LogP) is 2.47. The summed E-state index contributed by atoms with van der Waals surface area (Å²) < 4.78 is 5.64. The maximum Gasteiger partial charge on any atom is 0.265 e. The zero-order chi connectivity index (χ0) is 17.8. The highest BCUT2D eigenvalue weighted by Crippen LogP contribution is 2.32. The first kappa shape index (κ1) is 17.0. The average Bonchev–Trinajstić information content (AvgIpc) is 3.00. The van der Waals surface area contributed by atoms with Crippen LogP contribution in [0.1, 0.15) is 18.1 Å². The lowest BCUT2D eigenvalue weighted by molar-refractivity contribution is -0.126. The minimum absolute atomic E-state index is 0.103. The van der Waals surface area contributed by atoms with Crippen molar-refractivity contribution in [2.45, 2.75) is 26.3 Å². The Morgan fingerprint density at radius 3 is 2.76 bits per heavy atom. The van der Waals surface area contributed by atoms with Gasteiger partial charge >= 0.3 is 0 Å². The highest BCUT2D eigenvalue weighted by atomic mass is 16.5.